The van der Waals surface area contributed by atoms with Crippen LogP contribution >= 0.6 is 0 Å². The lowest BCUT2D eigenvalue weighted by Gasteiger charge is -2.17. The van der Waals surface area contributed by atoms with Crippen LogP contribution < -0.4 is 4.90 Å². The number of rotatable bonds is 7. The molecule has 26 heavy (non-hydrogen) atoms. The molecule has 0 fully saturated rings. The van der Waals surface area contributed by atoms with Gasteiger partial charge in [-0.3, -0.25) is 15.1 Å². The largest absolute Gasteiger partial charge is 0.272 e. The van der Waals surface area contributed by atoms with Crippen molar-refractivity contribution in [3.05, 3.63) is 53.6 Å². The Morgan fingerprint density at radius 3 is 1.81 bits per heavy atom. The highest BCUT2D eigenvalue weighted by molar-refractivity contribution is 5.50. The van der Waals surface area contributed by atoms with Crippen molar-refractivity contribution < 1.29 is 0 Å². The summed E-state index contributed by atoms with van der Waals surface area (Å²) in [7, 11) is 0. The summed E-state index contributed by atoms with van der Waals surface area (Å²) in [5.41, 5.74) is 2.20. The molecule has 0 atom stereocenters. The first-order valence-corrected chi connectivity index (χ1v) is 8.81. The molecule has 3 aromatic rings. The van der Waals surface area contributed by atoms with Crippen LogP contribution in [0.2, 0.25) is 0 Å². The van der Waals surface area contributed by atoms with Crippen LogP contribution in [0.4, 0.5) is 11.9 Å². The van der Waals surface area contributed by atoms with E-state index in [0.717, 1.165) is 22.8 Å². The number of H-pyrrole nitrogens is 2. The van der Waals surface area contributed by atoms with Gasteiger partial charge < -0.3 is 0 Å². The van der Waals surface area contributed by atoms with Crippen LogP contribution in [0.15, 0.2) is 30.8 Å². The smallest absolute Gasteiger partial charge is 0.251 e. The van der Waals surface area contributed by atoms with Crippen LogP contribution in [0.25, 0.3) is 6.08 Å². The maximum absolute atomic E-state index is 4.62. The highest BCUT2D eigenvalue weighted by Crippen LogP contribution is 2.24. The average molecular weight is 351 g/mol. The lowest BCUT2D eigenvalue weighted by Crippen LogP contribution is -2.19. The predicted octanol–water partition coefficient (Wildman–Crippen LogP) is 4.15. The average Bonchev–Trinajstić information content (AvgIpc) is 3.30. The summed E-state index contributed by atoms with van der Waals surface area (Å²) in [6.07, 6.45) is 1.83. The lowest BCUT2D eigenvalue weighted by atomic mass is 10.1. The maximum Gasteiger partial charge on any atom is 0.251 e. The summed E-state index contributed by atoms with van der Waals surface area (Å²) in [5.74, 6) is 3.34. The maximum atomic E-state index is 4.62. The van der Waals surface area contributed by atoms with Crippen molar-refractivity contribution in [3.63, 3.8) is 0 Å². The standard InChI is InChI=1S/C19H25N7/c1-6-14-7-9-15(10-8-14)11-26(18-20-16(12(2)3)22-24-18)19-21-17(13(4)5)23-25-19/h6-10,12-13H,1,11H2,2-5H3,(H,20,22,24)(H,21,23,25). The van der Waals surface area contributed by atoms with E-state index in [0.29, 0.717) is 18.4 Å². The summed E-state index contributed by atoms with van der Waals surface area (Å²) in [4.78, 5) is 11.1. The molecular weight excluding hydrogens is 326 g/mol. The third kappa shape index (κ3) is 3.82. The van der Waals surface area contributed by atoms with E-state index in [-0.39, 0.29) is 11.8 Å². The molecule has 0 radical (unpaired) electrons. The van der Waals surface area contributed by atoms with Crippen LogP contribution in [0.5, 0.6) is 0 Å². The van der Waals surface area contributed by atoms with Gasteiger partial charge in [-0.05, 0) is 11.1 Å². The van der Waals surface area contributed by atoms with Gasteiger partial charge in [0.05, 0.1) is 6.54 Å². The summed E-state index contributed by atoms with van der Waals surface area (Å²) in [6, 6.07) is 8.21. The summed E-state index contributed by atoms with van der Waals surface area (Å²) in [6.45, 7) is 12.7. The Morgan fingerprint density at radius 1 is 0.923 bits per heavy atom. The Bertz CT molecular complexity index is 812. The minimum absolute atomic E-state index is 0.267. The van der Waals surface area contributed by atoms with Gasteiger partial charge in [-0.15, -0.1) is 10.2 Å². The van der Waals surface area contributed by atoms with Gasteiger partial charge in [-0.1, -0.05) is 64.6 Å². The first-order chi connectivity index (χ1) is 12.5. The topological polar surface area (TPSA) is 86.4 Å². The van der Waals surface area contributed by atoms with Crippen molar-refractivity contribution in [1.29, 1.82) is 0 Å². The molecule has 0 aliphatic heterocycles. The zero-order chi connectivity index (χ0) is 18.7. The Kier molecular flexibility index (Phi) is 5.16. The van der Waals surface area contributed by atoms with Gasteiger partial charge in [0.15, 0.2) is 0 Å². The second-order valence-electron chi connectivity index (χ2n) is 6.88. The molecule has 0 bridgehead atoms. The molecule has 0 spiro atoms. The molecule has 0 aliphatic carbocycles. The van der Waals surface area contributed by atoms with Gasteiger partial charge >= 0.3 is 0 Å². The molecular formula is C19H25N7. The minimum atomic E-state index is 0.267. The van der Waals surface area contributed by atoms with Crippen molar-refractivity contribution in [3.8, 4) is 0 Å². The summed E-state index contributed by atoms with van der Waals surface area (Å²) >= 11 is 0. The number of hydrogen-bond donors (Lipinski definition) is 2. The molecule has 2 aromatic heterocycles. The summed E-state index contributed by atoms with van der Waals surface area (Å²) < 4.78 is 0. The molecule has 7 heteroatoms. The van der Waals surface area contributed by atoms with E-state index < -0.39 is 0 Å². The molecule has 2 N–H and O–H groups in total. The van der Waals surface area contributed by atoms with E-state index in [1.807, 2.05) is 23.1 Å². The molecule has 0 aliphatic rings. The minimum Gasteiger partial charge on any atom is -0.272 e. The molecule has 0 saturated heterocycles. The molecule has 0 unspecified atom stereocenters. The van der Waals surface area contributed by atoms with Gasteiger partial charge in [0.25, 0.3) is 11.9 Å². The first-order valence-electron chi connectivity index (χ1n) is 8.81. The molecule has 0 amide bonds. The van der Waals surface area contributed by atoms with Gasteiger partial charge in [0.1, 0.15) is 11.6 Å². The van der Waals surface area contributed by atoms with Gasteiger partial charge in [-0.2, -0.15) is 9.97 Å². The van der Waals surface area contributed by atoms with Crippen LogP contribution in [0.1, 0.15) is 62.3 Å². The number of aromatic amines is 2. The third-order valence-electron chi connectivity index (χ3n) is 4.11. The number of hydrogen-bond acceptors (Lipinski definition) is 5. The first kappa shape index (κ1) is 17.8. The third-order valence-corrected chi connectivity index (χ3v) is 4.11. The van der Waals surface area contributed by atoms with Gasteiger partial charge in [0, 0.05) is 11.8 Å². The fourth-order valence-electron chi connectivity index (χ4n) is 2.46. The molecule has 7 nitrogen and oxygen atoms in total. The molecule has 2 heterocycles. The van der Waals surface area contributed by atoms with Crippen molar-refractivity contribution >= 4 is 18.0 Å². The predicted molar refractivity (Wildman–Crippen MR) is 103 cm³/mol. The number of anilines is 2. The highest BCUT2D eigenvalue weighted by atomic mass is 15.4. The van der Waals surface area contributed by atoms with Crippen molar-refractivity contribution in [2.75, 3.05) is 4.90 Å². The number of nitrogens with one attached hydrogen (secondary N) is 2. The second-order valence-corrected chi connectivity index (χ2v) is 6.88. The lowest BCUT2D eigenvalue weighted by molar-refractivity contribution is 0.780. The van der Waals surface area contributed by atoms with E-state index >= 15 is 0 Å². The van der Waals surface area contributed by atoms with E-state index in [1.165, 1.54) is 0 Å². The Balaban J connectivity index is 1.94. The van der Waals surface area contributed by atoms with Crippen LogP contribution in [-0.2, 0) is 6.54 Å². The zero-order valence-electron chi connectivity index (χ0n) is 15.7. The fourth-order valence-corrected chi connectivity index (χ4v) is 2.46. The van der Waals surface area contributed by atoms with Crippen LogP contribution in [0, 0.1) is 0 Å². The quantitative estimate of drug-likeness (QED) is 0.668. The Morgan fingerprint density at radius 2 is 1.42 bits per heavy atom. The number of nitrogens with zero attached hydrogens (tertiary/aromatic N) is 5. The van der Waals surface area contributed by atoms with Crippen molar-refractivity contribution in [2.24, 2.45) is 0 Å². The van der Waals surface area contributed by atoms with Crippen molar-refractivity contribution in [2.45, 2.75) is 46.1 Å². The Labute approximate surface area is 153 Å². The van der Waals surface area contributed by atoms with Gasteiger partial charge in [-0.25, -0.2) is 0 Å². The molecule has 136 valence electrons. The SMILES string of the molecule is C=Cc1ccc(CN(c2n[nH]c(C(C)C)n2)c2n[nH]c(C(C)C)n2)cc1. The summed E-state index contributed by atoms with van der Waals surface area (Å²) in [5, 5.41) is 14.8. The number of benzene rings is 1. The van der Waals surface area contributed by atoms with E-state index in [4.69, 9.17) is 0 Å². The highest BCUT2D eigenvalue weighted by Gasteiger charge is 2.21. The van der Waals surface area contributed by atoms with E-state index in [2.05, 4.69) is 76.8 Å². The van der Waals surface area contributed by atoms with Crippen molar-refractivity contribution in [1.82, 2.24) is 30.4 Å². The normalized spacial score (nSPS) is 11.3. The second kappa shape index (κ2) is 7.51. The molecule has 3 rings (SSSR count). The van der Waals surface area contributed by atoms with Crippen LogP contribution in [0.3, 0.4) is 0 Å². The molecule has 1 aromatic carbocycles. The Hall–Kier alpha value is -2.96. The van der Waals surface area contributed by atoms with E-state index in [1.54, 1.807) is 0 Å². The van der Waals surface area contributed by atoms with E-state index in [9.17, 15) is 0 Å². The number of aromatic nitrogens is 6. The zero-order valence-corrected chi connectivity index (χ0v) is 15.7. The molecule has 0 saturated carbocycles. The fraction of sp³-hybridized carbons (Fsp3) is 0.368. The van der Waals surface area contributed by atoms with Gasteiger partial charge in [0.2, 0.25) is 0 Å². The van der Waals surface area contributed by atoms with Crippen LogP contribution in [-0.4, -0.2) is 30.4 Å². The monoisotopic (exact) mass is 351 g/mol.